The second-order valence-electron chi connectivity index (χ2n) is 5.19. The molecule has 3 nitrogen and oxygen atoms in total. The highest BCUT2D eigenvalue weighted by atomic mass is 16.2. The van der Waals surface area contributed by atoms with Gasteiger partial charge in [0.05, 0.1) is 0 Å². The van der Waals surface area contributed by atoms with Crippen molar-refractivity contribution in [2.24, 2.45) is 5.92 Å². The van der Waals surface area contributed by atoms with Crippen molar-refractivity contribution in [1.82, 2.24) is 5.32 Å². The van der Waals surface area contributed by atoms with Crippen LogP contribution >= 0.6 is 0 Å². The van der Waals surface area contributed by atoms with Gasteiger partial charge in [0.1, 0.15) is 0 Å². The molecule has 0 radical (unpaired) electrons. The number of carbonyl (C=O) groups is 1. The van der Waals surface area contributed by atoms with E-state index in [1.165, 1.54) is 19.3 Å². The number of benzene rings is 1. The fourth-order valence-electron chi connectivity index (χ4n) is 2.55. The SMILES string of the molecule is C#Cc1cccc(NC(=O)NC2CCCCC2C)c1. The fraction of sp³-hybridized carbons (Fsp3) is 0.438. The van der Waals surface area contributed by atoms with Crippen LogP contribution < -0.4 is 10.6 Å². The maximum absolute atomic E-state index is 12.0. The Kier molecular flexibility index (Phi) is 4.46. The molecule has 0 heterocycles. The minimum atomic E-state index is -0.145. The van der Waals surface area contributed by atoms with E-state index in [9.17, 15) is 4.79 Å². The third-order valence-corrected chi connectivity index (χ3v) is 3.72. The number of amides is 2. The van der Waals surface area contributed by atoms with Crippen LogP contribution in [-0.4, -0.2) is 12.1 Å². The van der Waals surface area contributed by atoms with Gasteiger partial charge in [0.15, 0.2) is 0 Å². The van der Waals surface area contributed by atoms with Crippen molar-refractivity contribution in [3.8, 4) is 12.3 Å². The zero-order valence-electron chi connectivity index (χ0n) is 11.3. The van der Waals surface area contributed by atoms with E-state index in [2.05, 4.69) is 23.5 Å². The molecule has 0 spiro atoms. The summed E-state index contributed by atoms with van der Waals surface area (Å²) in [7, 11) is 0. The molecule has 0 aromatic heterocycles. The van der Waals surface area contributed by atoms with Crippen LogP contribution in [-0.2, 0) is 0 Å². The molecule has 1 fully saturated rings. The van der Waals surface area contributed by atoms with Crippen LogP contribution in [0.1, 0.15) is 38.2 Å². The van der Waals surface area contributed by atoms with Crippen LogP contribution in [0, 0.1) is 18.3 Å². The normalized spacial score (nSPS) is 22.3. The van der Waals surface area contributed by atoms with Crippen molar-refractivity contribution >= 4 is 11.7 Å². The lowest BCUT2D eigenvalue weighted by molar-refractivity contribution is 0.232. The van der Waals surface area contributed by atoms with Gasteiger partial charge >= 0.3 is 6.03 Å². The standard InChI is InChI=1S/C16H20N2O/c1-3-13-8-6-9-14(11-13)17-16(19)18-15-10-5-4-7-12(15)2/h1,6,8-9,11-12,15H,4-5,7,10H2,2H3,(H2,17,18,19). The number of hydrogen-bond donors (Lipinski definition) is 2. The van der Waals surface area contributed by atoms with Crippen molar-refractivity contribution in [2.75, 3.05) is 5.32 Å². The number of terminal acetylenes is 1. The predicted molar refractivity (Wildman–Crippen MR) is 78.0 cm³/mol. The van der Waals surface area contributed by atoms with Crippen LogP contribution in [0.15, 0.2) is 24.3 Å². The Bertz CT molecular complexity index is 490. The summed E-state index contributed by atoms with van der Waals surface area (Å²) in [6.45, 7) is 2.20. The molecule has 2 N–H and O–H groups in total. The second kappa shape index (κ2) is 6.29. The van der Waals surface area contributed by atoms with Crippen molar-refractivity contribution < 1.29 is 4.79 Å². The number of rotatable bonds is 2. The van der Waals surface area contributed by atoms with Crippen molar-refractivity contribution in [3.63, 3.8) is 0 Å². The lowest BCUT2D eigenvalue weighted by atomic mass is 9.86. The third kappa shape index (κ3) is 3.75. The van der Waals surface area contributed by atoms with Gasteiger partial charge in [0.25, 0.3) is 0 Å². The Labute approximate surface area is 114 Å². The summed E-state index contributed by atoms with van der Waals surface area (Å²) < 4.78 is 0. The fourth-order valence-corrected chi connectivity index (χ4v) is 2.55. The Balaban J connectivity index is 1.91. The smallest absolute Gasteiger partial charge is 0.319 e. The predicted octanol–water partition coefficient (Wildman–Crippen LogP) is 3.37. The van der Waals surface area contributed by atoms with Crippen molar-refractivity contribution in [1.29, 1.82) is 0 Å². The first-order chi connectivity index (χ1) is 9.19. The Morgan fingerprint density at radius 3 is 2.89 bits per heavy atom. The molecule has 1 aliphatic rings. The molecule has 0 aliphatic heterocycles. The summed E-state index contributed by atoms with van der Waals surface area (Å²) in [6.07, 6.45) is 10.1. The number of urea groups is 1. The van der Waals surface area contributed by atoms with E-state index >= 15 is 0 Å². The van der Waals surface area contributed by atoms with E-state index in [1.54, 1.807) is 6.07 Å². The van der Waals surface area contributed by atoms with Gasteiger partial charge in [-0.1, -0.05) is 31.8 Å². The van der Waals surface area contributed by atoms with Crippen LogP contribution in [0.4, 0.5) is 10.5 Å². The number of nitrogens with one attached hydrogen (secondary N) is 2. The van der Waals surface area contributed by atoms with Gasteiger partial charge in [-0.2, -0.15) is 0 Å². The molecule has 0 saturated heterocycles. The highest BCUT2D eigenvalue weighted by Crippen LogP contribution is 2.23. The first-order valence-corrected chi connectivity index (χ1v) is 6.83. The van der Waals surface area contributed by atoms with Crippen LogP contribution in [0.3, 0.4) is 0 Å². The van der Waals surface area contributed by atoms with Gasteiger partial charge in [0.2, 0.25) is 0 Å². The van der Waals surface area contributed by atoms with E-state index in [4.69, 9.17) is 6.42 Å². The first-order valence-electron chi connectivity index (χ1n) is 6.83. The van der Waals surface area contributed by atoms with Crippen molar-refractivity contribution in [2.45, 2.75) is 38.6 Å². The van der Waals surface area contributed by atoms with Crippen LogP contribution in [0.2, 0.25) is 0 Å². The molecule has 1 aromatic carbocycles. The molecule has 19 heavy (non-hydrogen) atoms. The van der Waals surface area contributed by atoms with E-state index in [-0.39, 0.29) is 12.1 Å². The summed E-state index contributed by atoms with van der Waals surface area (Å²) in [5, 5.41) is 5.89. The van der Waals surface area contributed by atoms with E-state index in [0.29, 0.717) is 5.92 Å². The Hall–Kier alpha value is -1.95. The van der Waals surface area contributed by atoms with E-state index < -0.39 is 0 Å². The second-order valence-corrected chi connectivity index (χ2v) is 5.19. The molecule has 2 atom stereocenters. The van der Waals surface area contributed by atoms with Gasteiger partial charge in [0, 0.05) is 17.3 Å². The number of anilines is 1. The minimum Gasteiger partial charge on any atom is -0.335 e. The lowest BCUT2D eigenvalue weighted by Crippen LogP contribution is -2.43. The van der Waals surface area contributed by atoms with Gasteiger partial charge in [-0.3, -0.25) is 0 Å². The molecule has 1 aromatic rings. The maximum atomic E-state index is 12.0. The highest BCUT2D eigenvalue weighted by molar-refractivity contribution is 5.89. The summed E-state index contributed by atoms with van der Waals surface area (Å²) in [5.74, 6) is 3.11. The largest absolute Gasteiger partial charge is 0.335 e. The quantitative estimate of drug-likeness (QED) is 0.783. The topological polar surface area (TPSA) is 41.1 Å². The van der Waals surface area contributed by atoms with E-state index in [1.807, 2.05) is 18.2 Å². The van der Waals surface area contributed by atoms with Gasteiger partial charge in [-0.05, 0) is 37.0 Å². The molecule has 1 aliphatic carbocycles. The zero-order valence-corrected chi connectivity index (χ0v) is 11.3. The van der Waals surface area contributed by atoms with Crippen LogP contribution in [0.5, 0.6) is 0 Å². The summed E-state index contributed by atoms with van der Waals surface area (Å²) >= 11 is 0. The summed E-state index contributed by atoms with van der Waals surface area (Å²) in [5.41, 5.74) is 1.50. The maximum Gasteiger partial charge on any atom is 0.319 e. The molecule has 2 amide bonds. The lowest BCUT2D eigenvalue weighted by Gasteiger charge is -2.29. The number of carbonyl (C=O) groups excluding carboxylic acids is 1. The molecule has 2 unspecified atom stereocenters. The van der Waals surface area contributed by atoms with Gasteiger partial charge < -0.3 is 10.6 Å². The first kappa shape index (κ1) is 13.5. The monoisotopic (exact) mass is 256 g/mol. The summed E-state index contributed by atoms with van der Waals surface area (Å²) in [4.78, 5) is 12.0. The molecule has 3 heteroatoms. The molecule has 0 bridgehead atoms. The molecular weight excluding hydrogens is 236 g/mol. The van der Waals surface area contributed by atoms with Crippen molar-refractivity contribution in [3.05, 3.63) is 29.8 Å². The van der Waals surface area contributed by atoms with E-state index in [0.717, 1.165) is 17.7 Å². The average Bonchev–Trinajstić information content (AvgIpc) is 2.41. The third-order valence-electron chi connectivity index (χ3n) is 3.72. The Morgan fingerprint density at radius 2 is 2.16 bits per heavy atom. The Morgan fingerprint density at radius 1 is 1.37 bits per heavy atom. The highest BCUT2D eigenvalue weighted by Gasteiger charge is 2.22. The summed E-state index contributed by atoms with van der Waals surface area (Å²) in [6, 6.07) is 7.45. The van der Waals surface area contributed by atoms with Crippen LogP contribution in [0.25, 0.3) is 0 Å². The molecule has 100 valence electrons. The molecular formula is C16H20N2O. The minimum absolute atomic E-state index is 0.145. The zero-order chi connectivity index (χ0) is 13.7. The average molecular weight is 256 g/mol. The van der Waals surface area contributed by atoms with Gasteiger partial charge in [-0.15, -0.1) is 6.42 Å². The number of hydrogen-bond acceptors (Lipinski definition) is 1. The molecule has 2 rings (SSSR count). The molecule has 1 saturated carbocycles. The van der Waals surface area contributed by atoms with Gasteiger partial charge in [-0.25, -0.2) is 4.79 Å².